The van der Waals surface area contributed by atoms with Crippen molar-refractivity contribution < 1.29 is 4.79 Å². The minimum absolute atomic E-state index is 0.260. The first kappa shape index (κ1) is 9.41. The van der Waals surface area contributed by atoms with Crippen molar-refractivity contribution in [1.29, 1.82) is 0 Å². The molecule has 0 amide bonds. The average molecular weight is 139 g/mol. The zero-order chi connectivity index (χ0) is 7.82. The molecule has 0 saturated heterocycles. The Hall–Kier alpha value is -0.590. The van der Waals surface area contributed by atoms with Crippen LogP contribution in [0.4, 0.5) is 0 Å². The van der Waals surface area contributed by atoms with Crippen LogP contribution < -0.4 is 0 Å². The second kappa shape index (κ2) is 6.53. The fourth-order valence-electron chi connectivity index (χ4n) is 0.806. The van der Waals surface area contributed by atoms with Crippen molar-refractivity contribution in [1.82, 2.24) is 0 Å². The summed E-state index contributed by atoms with van der Waals surface area (Å²) < 4.78 is 0. The predicted molar refractivity (Wildman–Crippen MR) is 42.6 cm³/mol. The fraction of sp³-hybridized carbons (Fsp3) is 0.667. The van der Waals surface area contributed by atoms with Crippen LogP contribution in [0.5, 0.6) is 0 Å². The summed E-state index contributed by atoms with van der Waals surface area (Å²) in [7, 11) is 0. The Labute approximate surface area is 63.1 Å². The number of Topliss-reactive ketones (excluding diaryl/α,β-unsaturated/α-hetero) is 1. The Morgan fingerprint density at radius 1 is 1.50 bits per heavy atom. The van der Waals surface area contributed by atoms with E-state index in [0.29, 0.717) is 12.8 Å². The van der Waals surface area contributed by atoms with Gasteiger partial charge in [0.05, 0.1) is 0 Å². The Morgan fingerprint density at radius 3 is 2.70 bits per heavy atom. The Morgan fingerprint density at radius 2 is 2.20 bits per heavy atom. The van der Waals surface area contributed by atoms with Gasteiger partial charge < -0.3 is 0 Å². The highest BCUT2D eigenvalue weighted by Crippen LogP contribution is 2.01. The maximum atomic E-state index is 10.8. The van der Waals surface area contributed by atoms with Crippen molar-refractivity contribution in [3.63, 3.8) is 0 Å². The Kier molecular flexibility index (Phi) is 6.14. The molecule has 0 aromatic heterocycles. The molecule has 0 aromatic carbocycles. The summed E-state index contributed by atoms with van der Waals surface area (Å²) in [4.78, 5) is 10.8. The van der Waals surface area contributed by atoms with Gasteiger partial charge in [0.2, 0.25) is 0 Å². The number of ketones is 1. The summed E-state index contributed by atoms with van der Waals surface area (Å²) in [6.45, 7) is 7.21. The van der Waals surface area contributed by atoms with Crippen LogP contribution in [0.15, 0.2) is 6.08 Å². The fourth-order valence-corrected chi connectivity index (χ4v) is 0.806. The first-order valence-corrected chi connectivity index (χ1v) is 3.86. The lowest BCUT2D eigenvalue weighted by molar-refractivity contribution is -0.118. The lowest BCUT2D eigenvalue weighted by Crippen LogP contribution is -1.94. The minimum Gasteiger partial charge on any atom is -0.299 e. The van der Waals surface area contributed by atoms with Crippen LogP contribution in [-0.4, -0.2) is 5.78 Å². The topological polar surface area (TPSA) is 17.1 Å². The summed E-state index contributed by atoms with van der Waals surface area (Å²) in [6, 6.07) is 0. The summed E-state index contributed by atoms with van der Waals surface area (Å²) in [5.74, 6) is 0.260. The lowest BCUT2D eigenvalue weighted by atomic mass is 10.1. The molecule has 1 heteroatoms. The van der Waals surface area contributed by atoms with Gasteiger partial charge in [-0.3, -0.25) is 4.79 Å². The van der Waals surface area contributed by atoms with Crippen molar-refractivity contribution in [2.45, 2.75) is 39.0 Å². The van der Waals surface area contributed by atoms with Crippen molar-refractivity contribution in [2.75, 3.05) is 0 Å². The third kappa shape index (κ3) is 5.54. The monoisotopic (exact) mass is 139 g/mol. The molecule has 0 rings (SSSR count). The van der Waals surface area contributed by atoms with E-state index in [1.807, 2.05) is 0 Å². The van der Waals surface area contributed by atoms with Crippen LogP contribution in [0.3, 0.4) is 0 Å². The van der Waals surface area contributed by atoms with Gasteiger partial charge in [0.1, 0.15) is 5.78 Å². The van der Waals surface area contributed by atoms with E-state index in [2.05, 4.69) is 6.92 Å². The van der Waals surface area contributed by atoms with Crippen LogP contribution in [0.25, 0.3) is 0 Å². The molecule has 0 aromatic rings. The van der Waals surface area contributed by atoms with Gasteiger partial charge in [-0.1, -0.05) is 32.4 Å². The molecule has 0 bridgehead atoms. The van der Waals surface area contributed by atoms with Crippen LogP contribution in [-0.2, 0) is 4.79 Å². The van der Waals surface area contributed by atoms with Crippen molar-refractivity contribution in [2.24, 2.45) is 0 Å². The Bertz CT molecular complexity index is 105. The second-order valence-electron chi connectivity index (χ2n) is 2.44. The van der Waals surface area contributed by atoms with E-state index < -0.39 is 0 Å². The highest BCUT2D eigenvalue weighted by atomic mass is 16.1. The highest BCUT2D eigenvalue weighted by Gasteiger charge is 1.96. The number of hydrogen-bond acceptors (Lipinski definition) is 1. The lowest BCUT2D eigenvalue weighted by Gasteiger charge is -1.94. The van der Waals surface area contributed by atoms with Crippen molar-refractivity contribution in [3.05, 3.63) is 12.7 Å². The molecular weight excluding hydrogens is 124 g/mol. The van der Waals surface area contributed by atoms with Crippen molar-refractivity contribution >= 4 is 5.78 Å². The van der Waals surface area contributed by atoms with E-state index in [4.69, 9.17) is 6.58 Å². The zero-order valence-corrected chi connectivity index (χ0v) is 6.60. The van der Waals surface area contributed by atoms with E-state index in [9.17, 15) is 4.79 Å². The molecule has 0 heterocycles. The molecule has 0 saturated carbocycles. The maximum Gasteiger partial charge on any atom is 0.136 e. The number of hydrogen-bond donors (Lipinski definition) is 0. The molecule has 0 fully saturated rings. The van der Waals surface area contributed by atoms with Gasteiger partial charge in [-0.05, 0) is 6.42 Å². The zero-order valence-electron chi connectivity index (χ0n) is 6.60. The normalized spacial score (nSPS) is 9.30. The van der Waals surface area contributed by atoms with Crippen LogP contribution >= 0.6 is 0 Å². The van der Waals surface area contributed by atoms with Crippen LogP contribution in [0.2, 0.25) is 0 Å². The molecule has 1 radical (unpaired) electrons. The number of carbonyl (C=O) groups is 1. The van der Waals surface area contributed by atoms with Gasteiger partial charge in [-0.2, -0.15) is 0 Å². The number of carbonyl (C=O) groups excluding carboxylic acids is 1. The number of allylic oxidation sites excluding steroid dienone is 1. The highest BCUT2D eigenvalue weighted by molar-refractivity contribution is 5.79. The summed E-state index contributed by atoms with van der Waals surface area (Å²) in [6.07, 6.45) is 5.89. The van der Waals surface area contributed by atoms with E-state index in [-0.39, 0.29) is 5.78 Å². The third-order valence-electron chi connectivity index (χ3n) is 1.40. The molecule has 0 unspecified atom stereocenters. The second-order valence-corrected chi connectivity index (χ2v) is 2.44. The van der Waals surface area contributed by atoms with Crippen LogP contribution in [0, 0.1) is 6.58 Å². The number of unbranched alkanes of at least 4 members (excludes halogenated alkanes) is 2. The van der Waals surface area contributed by atoms with E-state index in [0.717, 1.165) is 12.8 Å². The molecule has 1 nitrogen and oxygen atoms in total. The maximum absolute atomic E-state index is 10.8. The van der Waals surface area contributed by atoms with Gasteiger partial charge >= 0.3 is 0 Å². The van der Waals surface area contributed by atoms with Gasteiger partial charge in [-0.15, -0.1) is 0 Å². The van der Waals surface area contributed by atoms with Gasteiger partial charge in [0.15, 0.2) is 0 Å². The van der Waals surface area contributed by atoms with Crippen molar-refractivity contribution in [3.8, 4) is 0 Å². The average Bonchev–Trinajstić information content (AvgIpc) is 1.89. The molecule has 0 atom stereocenters. The van der Waals surface area contributed by atoms with E-state index in [1.165, 1.54) is 12.5 Å². The van der Waals surface area contributed by atoms with Gasteiger partial charge in [0.25, 0.3) is 0 Å². The summed E-state index contributed by atoms with van der Waals surface area (Å²) >= 11 is 0. The minimum atomic E-state index is 0.260. The molecule has 0 aliphatic rings. The predicted octanol–water partition coefficient (Wildman–Crippen LogP) is 2.52. The quantitative estimate of drug-likeness (QED) is 0.517. The summed E-state index contributed by atoms with van der Waals surface area (Å²) in [5.41, 5.74) is 0. The van der Waals surface area contributed by atoms with Crippen LogP contribution in [0.1, 0.15) is 39.0 Å². The smallest absolute Gasteiger partial charge is 0.136 e. The summed E-state index contributed by atoms with van der Waals surface area (Å²) in [5, 5.41) is 0. The third-order valence-corrected chi connectivity index (χ3v) is 1.40. The molecule has 0 spiro atoms. The molecule has 0 aliphatic heterocycles. The van der Waals surface area contributed by atoms with Gasteiger partial charge in [0, 0.05) is 12.8 Å². The molecular formula is C9H15O. The standard InChI is InChI=1S/C9H15O/c1-3-5-6-8-9(10)7-4-2/h2,4H,3,5-8H2,1H3. The Balaban J connectivity index is 3.13. The molecule has 10 heavy (non-hydrogen) atoms. The van der Waals surface area contributed by atoms with Gasteiger partial charge in [-0.25, -0.2) is 0 Å². The SMILES string of the molecule is [CH]=CCC(=O)CCCCC. The molecule has 0 N–H and O–H groups in total. The first-order valence-electron chi connectivity index (χ1n) is 3.86. The van der Waals surface area contributed by atoms with E-state index >= 15 is 0 Å². The first-order chi connectivity index (χ1) is 4.81. The van der Waals surface area contributed by atoms with E-state index in [1.54, 1.807) is 0 Å². The largest absolute Gasteiger partial charge is 0.299 e. The molecule has 57 valence electrons. The molecule has 0 aliphatic carbocycles. The number of rotatable bonds is 6.